The molecule has 0 spiro atoms. The van der Waals surface area contributed by atoms with Gasteiger partial charge < -0.3 is 9.47 Å². The van der Waals surface area contributed by atoms with Gasteiger partial charge in [0.1, 0.15) is 0 Å². The third kappa shape index (κ3) is 328. The maximum absolute atomic E-state index is 4.54. The average Bonchev–Trinajstić information content (AvgIpc) is 1.94. The third-order valence-electron chi connectivity index (χ3n) is 0.289. The molecule has 0 radical (unpaired) electrons. The van der Waals surface area contributed by atoms with Crippen molar-refractivity contribution >= 4 is 0 Å². The molecule has 0 unspecified atom stereocenters. The quantitative estimate of drug-likeness (QED) is 0.548. The summed E-state index contributed by atoms with van der Waals surface area (Å²) in [5.41, 5.74) is 0. The lowest BCUT2D eigenvalue weighted by atomic mass is 10.9. The van der Waals surface area contributed by atoms with E-state index in [2.05, 4.69) is 9.47 Å². The Labute approximate surface area is 59.2 Å². The molecule has 0 aliphatic heterocycles. The van der Waals surface area contributed by atoms with Gasteiger partial charge in [-0.1, -0.05) is 13.8 Å². The molecule has 0 bridgehead atoms. The highest BCUT2D eigenvalue weighted by Gasteiger charge is 1.51. The van der Waals surface area contributed by atoms with E-state index in [0.717, 1.165) is 6.61 Å². The maximum atomic E-state index is 4.54. The van der Waals surface area contributed by atoms with E-state index in [4.69, 9.17) is 0 Å². The summed E-state index contributed by atoms with van der Waals surface area (Å²) in [6, 6.07) is 0. The first-order valence-corrected chi connectivity index (χ1v) is 3.22. The Morgan fingerprint density at radius 1 is 1.00 bits per heavy atom. The monoisotopic (exact) mass is 136 g/mol. The van der Waals surface area contributed by atoms with Crippen LogP contribution in [0.2, 0.25) is 0 Å². The lowest BCUT2D eigenvalue weighted by molar-refractivity contribution is 0.215. The first-order valence-electron chi connectivity index (χ1n) is 3.22. The van der Waals surface area contributed by atoms with Crippen molar-refractivity contribution in [2.24, 2.45) is 0 Å². The van der Waals surface area contributed by atoms with Crippen molar-refractivity contribution in [2.75, 3.05) is 27.9 Å². The van der Waals surface area contributed by atoms with E-state index in [1.165, 1.54) is 0 Å². The van der Waals surface area contributed by atoms with Gasteiger partial charge in [-0.25, -0.2) is 0 Å². The Kier molecular flexibility index (Phi) is 78.9. The molecule has 2 nitrogen and oxygen atoms in total. The molecule has 0 heterocycles. The fraction of sp³-hybridized carbons (Fsp3) is 1.00. The summed E-state index contributed by atoms with van der Waals surface area (Å²) in [7, 11) is 4.93. The molecule has 2 heteroatoms. The van der Waals surface area contributed by atoms with Crippen LogP contribution in [0.4, 0.5) is 0 Å². The van der Waals surface area contributed by atoms with Gasteiger partial charge in [0.25, 0.3) is 0 Å². The SMILES string of the molecule is CC.CCOC.COC. The van der Waals surface area contributed by atoms with Crippen LogP contribution in [0.15, 0.2) is 0 Å². The number of ether oxygens (including phenoxy) is 2. The van der Waals surface area contributed by atoms with E-state index >= 15 is 0 Å². The first kappa shape index (κ1) is 16.0. The smallest absolute Gasteiger partial charge is 0.0433 e. The van der Waals surface area contributed by atoms with E-state index in [0.29, 0.717) is 0 Å². The predicted octanol–water partition coefficient (Wildman–Crippen LogP) is 1.94. The lowest BCUT2D eigenvalue weighted by Gasteiger charge is -1.76. The van der Waals surface area contributed by atoms with Crippen LogP contribution in [-0.2, 0) is 9.47 Å². The molecule has 0 aliphatic carbocycles. The fourth-order valence-corrected chi connectivity index (χ4v) is 0. The van der Waals surface area contributed by atoms with Crippen molar-refractivity contribution in [3.63, 3.8) is 0 Å². The van der Waals surface area contributed by atoms with Crippen LogP contribution in [0.5, 0.6) is 0 Å². The van der Waals surface area contributed by atoms with Gasteiger partial charge in [0.2, 0.25) is 0 Å². The molecule has 0 saturated heterocycles. The van der Waals surface area contributed by atoms with Crippen LogP contribution in [0, 0.1) is 0 Å². The molecule has 0 aromatic rings. The lowest BCUT2D eigenvalue weighted by Crippen LogP contribution is -1.73. The largest absolute Gasteiger partial charge is 0.388 e. The normalized spacial score (nSPS) is 6.00. The van der Waals surface area contributed by atoms with Gasteiger partial charge in [0, 0.05) is 27.9 Å². The second-order valence-electron chi connectivity index (χ2n) is 0.986. The van der Waals surface area contributed by atoms with Crippen LogP contribution >= 0.6 is 0 Å². The van der Waals surface area contributed by atoms with E-state index in [-0.39, 0.29) is 0 Å². The zero-order chi connectivity index (χ0) is 8.12. The summed E-state index contributed by atoms with van der Waals surface area (Å²) in [5, 5.41) is 0. The first-order chi connectivity index (χ1) is 4.33. The Bertz CT molecular complexity index is 14.4. The number of hydrogen-bond donors (Lipinski definition) is 0. The Hall–Kier alpha value is -0.0800. The van der Waals surface area contributed by atoms with Crippen molar-refractivity contribution in [1.82, 2.24) is 0 Å². The van der Waals surface area contributed by atoms with Crippen molar-refractivity contribution in [1.29, 1.82) is 0 Å². The molecule has 0 N–H and O–H groups in total. The van der Waals surface area contributed by atoms with E-state index in [1.807, 2.05) is 20.8 Å². The van der Waals surface area contributed by atoms with Crippen molar-refractivity contribution < 1.29 is 9.47 Å². The summed E-state index contributed by atoms with van der Waals surface area (Å²) in [5.74, 6) is 0. The molecule has 0 aliphatic rings. The molecule has 0 atom stereocenters. The summed E-state index contributed by atoms with van der Waals surface area (Å²) < 4.78 is 8.79. The topological polar surface area (TPSA) is 18.5 Å². The zero-order valence-corrected chi connectivity index (χ0v) is 7.52. The molecular formula is C7H20O2. The van der Waals surface area contributed by atoms with Crippen molar-refractivity contribution in [3.8, 4) is 0 Å². The van der Waals surface area contributed by atoms with E-state index in [9.17, 15) is 0 Å². The van der Waals surface area contributed by atoms with E-state index < -0.39 is 0 Å². The Balaban J connectivity index is -0.0000000646. The molecule has 0 aromatic heterocycles. The highest BCUT2D eigenvalue weighted by atomic mass is 16.5. The Morgan fingerprint density at radius 2 is 1.11 bits per heavy atom. The zero-order valence-electron chi connectivity index (χ0n) is 7.52. The third-order valence-corrected chi connectivity index (χ3v) is 0.289. The second-order valence-corrected chi connectivity index (χ2v) is 0.986. The minimum Gasteiger partial charge on any atom is -0.388 e. The van der Waals surface area contributed by atoms with Crippen molar-refractivity contribution in [2.45, 2.75) is 20.8 Å². The average molecular weight is 136 g/mol. The summed E-state index contributed by atoms with van der Waals surface area (Å²) in [4.78, 5) is 0. The van der Waals surface area contributed by atoms with Gasteiger partial charge in [0.05, 0.1) is 0 Å². The standard InChI is InChI=1S/C3H8O.C2H6O.C2H6/c1-3-4-2;1-3-2;1-2/h3H2,1-2H3;1-2H3;1-2H3. The molecule has 0 aromatic carbocycles. The molecule has 9 heavy (non-hydrogen) atoms. The van der Waals surface area contributed by atoms with Gasteiger partial charge in [-0.15, -0.1) is 0 Å². The van der Waals surface area contributed by atoms with E-state index in [1.54, 1.807) is 21.3 Å². The molecule has 0 saturated carbocycles. The molecule has 0 amide bonds. The molecule has 0 rings (SSSR count). The number of methoxy groups -OCH3 is 2. The van der Waals surface area contributed by atoms with Crippen LogP contribution in [0.25, 0.3) is 0 Å². The number of rotatable bonds is 1. The minimum atomic E-state index is 0.819. The molecule has 0 fully saturated rings. The molecular weight excluding hydrogens is 116 g/mol. The van der Waals surface area contributed by atoms with Crippen LogP contribution in [0.1, 0.15) is 20.8 Å². The minimum absolute atomic E-state index is 0.819. The van der Waals surface area contributed by atoms with Gasteiger partial charge >= 0.3 is 0 Å². The van der Waals surface area contributed by atoms with Gasteiger partial charge in [-0.05, 0) is 6.92 Å². The fourth-order valence-electron chi connectivity index (χ4n) is 0. The summed E-state index contributed by atoms with van der Waals surface area (Å²) in [6.07, 6.45) is 0. The number of hydrogen-bond acceptors (Lipinski definition) is 2. The predicted molar refractivity (Wildman–Crippen MR) is 41.8 cm³/mol. The van der Waals surface area contributed by atoms with Crippen molar-refractivity contribution in [3.05, 3.63) is 0 Å². The summed E-state index contributed by atoms with van der Waals surface area (Å²) in [6.45, 7) is 6.78. The Morgan fingerprint density at radius 3 is 1.11 bits per heavy atom. The van der Waals surface area contributed by atoms with Gasteiger partial charge in [-0.2, -0.15) is 0 Å². The van der Waals surface area contributed by atoms with Crippen LogP contribution in [-0.4, -0.2) is 27.9 Å². The van der Waals surface area contributed by atoms with Gasteiger partial charge in [-0.3, -0.25) is 0 Å². The molecule has 60 valence electrons. The highest BCUT2D eigenvalue weighted by Crippen LogP contribution is 1.52. The van der Waals surface area contributed by atoms with Crippen LogP contribution in [0.3, 0.4) is 0 Å². The second kappa shape index (κ2) is 44.5. The van der Waals surface area contributed by atoms with Gasteiger partial charge in [0.15, 0.2) is 0 Å². The summed E-state index contributed by atoms with van der Waals surface area (Å²) >= 11 is 0. The van der Waals surface area contributed by atoms with Crippen LogP contribution < -0.4 is 0 Å². The maximum Gasteiger partial charge on any atom is 0.0433 e. The highest BCUT2D eigenvalue weighted by molar-refractivity contribution is 3.94.